The summed E-state index contributed by atoms with van der Waals surface area (Å²) in [4.78, 5) is 46.1. The minimum atomic E-state index is -0.512. The zero-order valence-electron chi connectivity index (χ0n) is 19.3. The van der Waals surface area contributed by atoms with Gasteiger partial charge in [0.15, 0.2) is 5.78 Å². The van der Waals surface area contributed by atoms with Gasteiger partial charge in [0.05, 0.1) is 6.54 Å². The van der Waals surface area contributed by atoms with E-state index in [2.05, 4.69) is 9.88 Å². The summed E-state index contributed by atoms with van der Waals surface area (Å²) in [5, 5.41) is 0. The van der Waals surface area contributed by atoms with Crippen molar-refractivity contribution in [3.63, 3.8) is 0 Å². The molecule has 0 radical (unpaired) electrons. The third-order valence-corrected chi connectivity index (χ3v) is 5.84. The number of carbonyl (C=O) groups excluding carboxylic acids is 3. The summed E-state index contributed by atoms with van der Waals surface area (Å²) in [6.45, 7) is 9.71. The molecule has 1 unspecified atom stereocenters. The minimum absolute atomic E-state index is 0.0119. The number of amides is 2. The predicted octanol–water partition coefficient (Wildman–Crippen LogP) is 3.01. The Hall–Kier alpha value is -2.35. The Morgan fingerprint density at radius 1 is 1.16 bits per heavy atom. The molecule has 2 fully saturated rings. The smallest absolute Gasteiger partial charge is 0.410 e. The first-order chi connectivity index (χ1) is 14.6. The van der Waals surface area contributed by atoms with Crippen molar-refractivity contribution in [2.45, 2.75) is 52.1 Å². The van der Waals surface area contributed by atoms with E-state index >= 15 is 0 Å². The van der Waals surface area contributed by atoms with Gasteiger partial charge in [0.25, 0.3) is 5.91 Å². The lowest BCUT2D eigenvalue weighted by atomic mass is 9.97. The van der Waals surface area contributed by atoms with Crippen molar-refractivity contribution in [1.29, 1.82) is 0 Å². The molecule has 1 aromatic heterocycles. The normalized spacial score (nSPS) is 20.0. The van der Waals surface area contributed by atoms with E-state index in [1.165, 1.54) is 0 Å². The van der Waals surface area contributed by atoms with Crippen molar-refractivity contribution in [2.75, 3.05) is 46.3 Å². The monoisotopic (exact) mass is 432 g/mol. The lowest BCUT2D eigenvalue weighted by Crippen LogP contribution is -2.44. The van der Waals surface area contributed by atoms with Crippen molar-refractivity contribution in [2.24, 2.45) is 5.92 Å². The lowest BCUT2D eigenvalue weighted by Gasteiger charge is -2.34. The Morgan fingerprint density at radius 3 is 2.55 bits per heavy atom. The van der Waals surface area contributed by atoms with Crippen molar-refractivity contribution in [3.8, 4) is 0 Å². The molecule has 31 heavy (non-hydrogen) atoms. The van der Waals surface area contributed by atoms with Gasteiger partial charge in [-0.1, -0.05) is 0 Å². The largest absolute Gasteiger partial charge is 0.444 e. The molecule has 1 N–H and O–H groups in total. The lowest BCUT2D eigenvalue weighted by molar-refractivity contribution is 0.0242. The molecule has 3 heterocycles. The highest BCUT2D eigenvalue weighted by Gasteiger charge is 2.27. The van der Waals surface area contributed by atoms with Crippen LogP contribution < -0.4 is 0 Å². The number of Topliss-reactive ketones (excluding diaryl/α,β-unsaturated/α-hetero) is 1. The molecular weight excluding hydrogens is 396 g/mol. The number of ketones is 1. The van der Waals surface area contributed by atoms with E-state index < -0.39 is 5.60 Å². The van der Waals surface area contributed by atoms with Gasteiger partial charge in [-0.2, -0.15) is 0 Å². The number of hydrogen-bond acceptors (Lipinski definition) is 5. The summed E-state index contributed by atoms with van der Waals surface area (Å²) in [5.41, 5.74) is 0.526. The molecule has 2 amide bonds. The Kier molecular flexibility index (Phi) is 7.41. The van der Waals surface area contributed by atoms with Gasteiger partial charge in [0.1, 0.15) is 11.3 Å². The van der Waals surface area contributed by atoms with Gasteiger partial charge >= 0.3 is 6.09 Å². The molecule has 172 valence electrons. The van der Waals surface area contributed by atoms with Crippen LogP contribution in [0.15, 0.2) is 12.3 Å². The summed E-state index contributed by atoms with van der Waals surface area (Å²) < 4.78 is 5.43. The molecule has 0 aromatic carbocycles. The summed E-state index contributed by atoms with van der Waals surface area (Å²) >= 11 is 0. The topological polar surface area (TPSA) is 86.0 Å². The average molecular weight is 433 g/mol. The highest BCUT2D eigenvalue weighted by Crippen LogP contribution is 2.20. The second kappa shape index (κ2) is 9.85. The van der Waals surface area contributed by atoms with E-state index in [0.717, 1.165) is 51.9 Å². The first-order valence-corrected chi connectivity index (χ1v) is 11.3. The van der Waals surface area contributed by atoms with Crippen LogP contribution in [0.2, 0.25) is 0 Å². The highest BCUT2D eigenvalue weighted by atomic mass is 16.6. The zero-order valence-corrected chi connectivity index (χ0v) is 19.3. The molecule has 2 saturated heterocycles. The number of nitrogens with one attached hydrogen (secondary N) is 1. The molecule has 2 aliphatic rings. The molecule has 8 heteroatoms. The number of piperidine rings is 1. The van der Waals surface area contributed by atoms with Gasteiger partial charge in [-0.05, 0) is 65.0 Å². The third-order valence-electron chi connectivity index (χ3n) is 5.84. The average Bonchev–Trinajstić information content (AvgIpc) is 3.38. The van der Waals surface area contributed by atoms with Gasteiger partial charge < -0.3 is 19.5 Å². The fraction of sp³-hybridized carbons (Fsp3) is 0.696. The molecule has 0 bridgehead atoms. The van der Waals surface area contributed by atoms with Crippen molar-refractivity contribution < 1.29 is 19.1 Å². The maximum Gasteiger partial charge on any atom is 0.410 e. The Bertz CT molecular complexity index is 792. The van der Waals surface area contributed by atoms with E-state index in [-0.39, 0.29) is 17.8 Å². The van der Waals surface area contributed by atoms with Crippen LogP contribution in [-0.2, 0) is 4.74 Å². The SMILES string of the molecule is CN(CC1CCCN(CC(=O)c2c[nH]c(C(=O)N3CCCC3)c2)C1)C(=O)OC(C)(C)C. The van der Waals surface area contributed by atoms with Crippen LogP contribution in [0.4, 0.5) is 4.79 Å². The summed E-state index contributed by atoms with van der Waals surface area (Å²) in [7, 11) is 1.76. The number of H-pyrrole nitrogens is 1. The van der Waals surface area contributed by atoms with E-state index in [1.807, 2.05) is 25.7 Å². The molecule has 3 rings (SSSR count). The van der Waals surface area contributed by atoms with Gasteiger partial charge in [-0.15, -0.1) is 0 Å². The highest BCUT2D eigenvalue weighted by molar-refractivity contribution is 6.01. The summed E-state index contributed by atoms with van der Waals surface area (Å²) in [6, 6.07) is 1.68. The number of likely N-dealkylation sites (tertiary alicyclic amines) is 2. The number of ether oxygens (including phenoxy) is 1. The van der Waals surface area contributed by atoms with Crippen LogP contribution in [0.5, 0.6) is 0 Å². The number of carbonyl (C=O) groups is 3. The molecule has 0 aliphatic carbocycles. The summed E-state index contributed by atoms with van der Waals surface area (Å²) in [5.74, 6) is 0.287. The predicted molar refractivity (Wildman–Crippen MR) is 118 cm³/mol. The molecule has 2 aliphatic heterocycles. The molecule has 1 atom stereocenters. The maximum atomic E-state index is 12.8. The van der Waals surface area contributed by atoms with Crippen molar-refractivity contribution in [3.05, 3.63) is 23.5 Å². The number of aromatic nitrogens is 1. The van der Waals surface area contributed by atoms with E-state index in [4.69, 9.17) is 4.74 Å². The first kappa shape index (κ1) is 23.3. The number of aromatic amines is 1. The molecule has 0 saturated carbocycles. The molecule has 1 aromatic rings. The second-order valence-corrected chi connectivity index (χ2v) is 9.83. The van der Waals surface area contributed by atoms with Crippen LogP contribution in [0, 0.1) is 5.92 Å². The van der Waals surface area contributed by atoms with Crippen LogP contribution in [0.3, 0.4) is 0 Å². The third kappa shape index (κ3) is 6.56. The maximum absolute atomic E-state index is 12.8. The van der Waals surface area contributed by atoms with Crippen molar-refractivity contribution >= 4 is 17.8 Å². The summed E-state index contributed by atoms with van der Waals surface area (Å²) in [6.07, 6.45) is 5.42. The quantitative estimate of drug-likeness (QED) is 0.699. The number of hydrogen-bond donors (Lipinski definition) is 1. The molecule has 0 spiro atoms. The van der Waals surface area contributed by atoms with E-state index in [9.17, 15) is 14.4 Å². The minimum Gasteiger partial charge on any atom is -0.444 e. The molecule has 8 nitrogen and oxygen atoms in total. The fourth-order valence-corrected chi connectivity index (χ4v) is 4.31. The fourth-order valence-electron chi connectivity index (χ4n) is 4.31. The Morgan fingerprint density at radius 2 is 1.87 bits per heavy atom. The van der Waals surface area contributed by atoms with Gasteiger partial charge in [-0.25, -0.2) is 4.79 Å². The van der Waals surface area contributed by atoms with Crippen LogP contribution in [-0.4, -0.2) is 89.4 Å². The van der Waals surface area contributed by atoms with Crippen LogP contribution in [0.1, 0.15) is 67.3 Å². The van der Waals surface area contributed by atoms with Gasteiger partial charge in [0.2, 0.25) is 0 Å². The van der Waals surface area contributed by atoms with E-state index in [0.29, 0.717) is 30.3 Å². The molecular formula is C23H36N4O4. The second-order valence-electron chi connectivity index (χ2n) is 9.83. The Labute approximate surface area is 184 Å². The van der Waals surface area contributed by atoms with Crippen molar-refractivity contribution in [1.82, 2.24) is 19.7 Å². The van der Waals surface area contributed by atoms with E-state index in [1.54, 1.807) is 24.2 Å². The number of nitrogens with zero attached hydrogens (tertiary/aromatic N) is 3. The zero-order chi connectivity index (χ0) is 22.6. The van der Waals surface area contributed by atoms with Gasteiger partial charge in [0, 0.05) is 45.0 Å². The standard InChI is InChI=1S/C23H36N4O4/c1-23(2,3)31-22(30)25(4)14-17-8-7-9-26(15-17)16-20(28)18-12-19(24-13-18)21(29)27-10-5-6-11-27/h12-13,17,24H,5-11,14-16H2,1-4H3. The van der Waals surface area contributed by atoms with Crippen LogP contribution in [0.25, 0.3) is 0 Å². The van der Waals surface area contributed by atoms with Gasteiger partial charge in [-0.3, -0.25) is 14.5 Å². The first-order valence-electron chi connectivity index (χ1n) is 11.3. The number of rotatable bonds is 6. The Balaban J connectivity index is 1.50. The van der Waals surface area contributed by atoms with Crippen LogP contribution >= 0.6 is 0 Å².